The Morgan fingerprint density at radius 1 is 1.23 bits per heavy atom. The molecule has 1 aromatic carbocycles. The summed E-state index contributed by atoms with van der Waals surface area (Å²) >= 11 is 0. The summed E-state index contributed by atoms with van der Waals surface area (Å²) in [4.78, 5) is 17.2. The van der Waals surface area contributed by atoms with Crippen molar-refractivity contribution >= 4 is 11.7 Å². The predicted octanol–water partition coefficient (Wildman–Crippen LogP) is 3.55. The van der Waals surface area contributed by atoms with Crippen LogP contribution in [0.4, 0.5) is 5.82 Å². The molecule has 162 valence electrons. The number of nitrogens with two attached hydrogens (primary N) is 1. The van der Waals surface area contributed by atoms with Crippen LogP contribution in [0.5, 0.6) is 0 Å². The number of anilines is 1. The van der Waals surface area contributed by atoms with E-state index in [1.165, 1.54) is 11.1 Å². The number of pyridine rings is 1. The lowest BCUT2D eigenvalue weighted by Gasteiger charge is -2.22. The van der Waals surface area contributed by atoms with Gasteiger partial charge in [0, 0.05) is 36.8 Å². The van der Waals surface area contributed by atoms with Crippen molar-refractivity contribution in [3.8, 4) is 11.1 Å². The maximum absolute atomic E-state index is 12.9. The van der Waals surface area contributed by atoms with Gasteiger partial charge in [-0.05, 0) is 55.9 Å². The van der Waals surface area contributed by atoms with Crippen LogP contribution >= 0.6 is 0 Å². The van der Waals surface area contributed by atoms with Gasteiger partial charge in [0.2, 0.25) is 0 Å². The number of carbonyl (C=O) groups is 1. The maximum Gasteiger partial charge on any atom is 0.253 e. The quantitative estimate of drug-likeness (QED) is 0.637. The van der Waals surface area contributed by atoms with Crippen LogP contribution in [0, 0.1) is 13.8 Å². The van der Waals surface area contributed by atoms with Crippen molar-refractivity contribution in [2.45, 2.75) is 51.9 Å². The highest BCUT2D eigenvalue weighted by molar-refractivity contribution is 5.95. The van der Waals surface area contributed by atoms with Gasteiger partial charge in [-0.2, -0.15) is 5.10 Å². The molecule has 3 N–H and O–H groups in total. The molecule has 0 spiro atoms. The molecule has 0 saturated heterocycles. The third kappa shape index (κ3) is 4.77. The van der Waals surface area contributed by atoms with E-state index in [9.17, 15) is 4.79 Å². The van der Waals surface area contributed by atoms with Crippen molar-refractivity contribution < 1.29 is 9.53 Å². The molecule has 1 aliphatic rings. The third-order valence-corrected chi connectivity index (χ3v) is 5.97. The molecule has 2 aromatic heterocycles. The summed E-state index contributed by atoms with van der Waals surface area (Å²) in [7, 11) is 1.81. The van der Waals surface area contributed by atoms with E-state index in [2.05, 4.69) is 47.4 Å². The number of benzene rings is 1. The van der Waals surface area contributed by atoms with Crippen LogP contribution in [-0.4, -0.2) is 32.8 Å². The number of nitrogen functional groups attached to an aromatic ring is 1. The van der Waals surface area contributed by atoms with Gasteiger partial charge in [-0.3, -0.25) is 14.5 Å². The lowest BCUT2D eigenvalue weighted by molar-refractivity contribution is 0.0272. The molecule has 2 atom stereocenters. The molecule has 1 fully saturated rings. The fourth-order valence-corrected chi connectivity index (χ4v) is 4.08. The van der Waals surface area contributed by atoms with Gasteiger partial charge in [0.05, 0.1) is 24.3 Å². The van der Waals surface area contributed by atoms with Crippen molar-refractivity contribution in [1.29, 1.82) is 0 Å². The maximum atomic E-state index is 12.9. The number of nitrogens with zero attached hydrogens (tertiary/aromatic N) is 3. The number of ether oxygens (including phenoxy) is 1. The van der Waals surface area contributed by atoms with Crippen molar-refractivity contribution in [3.63, 3.8) is 0 Å². The fourth-order valence-electron chi connectivity index (χ4n) is 4.08. The van der Waals surface area contributed by atoms with Crippen molar-refractivity contribution in [3.05, 3.63) is 65.1 Å². The van der Waals surface area contributed by atoms with Crippen LogP contribution in [0.25, 0.3) is 11.1 Å². The number of aryl methyl sites for hydroxylation is 3. The molecule has 31 heavy (non-hydrogen) atoms. The lowest BCUT2D eigenvalue weighted by atomic mass is 10.1. The van der Waals surface area contributed by atoms with E-state index in [0.29, 0.717) is 18.0 Å². The minimum atomic E-state index is -0.150. The predicted molar refractivity (Wildman–Crippen MR) is 120 cm³/mol. The highest BCUT2D eigenvalue weighted by atomic mass is 16.5. The molecular weight excluding hydrogens is 390 g/mol. The highest BCUT2D eigenvalue weighted by Gasteiger charge is 2.29. The average Bonchev–Trinajstić information content (AvgIpc) is 3.34. The minimum absolute atomic E-state index is 0.00818. The van der Waals surface area contributed by atoms with Crippen LogP contribution in [-0.2, 0) is 18.4 Å². The Labute approximate surface area is 182 Å². The number of nitrogens with one attached hydrogen (secondary N) is 1. The third-order valence-electron chi connectivity index (χ3n) is 5.97. The molecule has 0 aliphatic heterocycles. The smallest absolute Gasteiger partial charge is 0.253 e. The highest BCUT2D eigenvalue weighted by Crippen LogP contribution is 2.26. The first kappa shape index (κ1) is 21.1. The molecule has 0 radical (unpaired) electrons. The number of rotatable bonds is 6. The van der Waals surface area contributed by atoms with Gasteiger partial charge in [-0.15, -0.1) is 0 Å². The van der Waals surface area contributed by atoms with E-state index in [0.717, 1.165) is 36.0 Å². The minimum Gasteiger partial charge on any atom is -0.382 e. The van der Waals surface area contributed by atoms with Crippen molar-refractivity contribution in [2.75, 3.05) is 5.73 Å². The first-order valence-electron chi connectivity index (χ1n) is 10.6. The largest absolute Gasteiger partial charge is 0.382 e. The van der Waals surface area contributed by atoms with Crippen LogP contribution < -0.4 is 11.1 Å². The van der Waals surface area contributed by atoms with Gasteiger partial charge in [0.15, 0.2) is 5.82 Å². The summed E-state index contributed by atoms with van der Waals surface area (Å²) in [6, 6.07) is 8.18. The molecule has 7 nitrogen and oxygen atoms in total. The molecule has 1 aliphatic carbocycles. The number of aromatic nitrogens is 3. The van der Waals surface area contributed by atoms with Gasteiger partial charge in [0.25, 0.3) is 5.91 Å². The van der Waals surface area contributed by atoms with Gasteiger partial charge >= 0.3 is 0 Å². The number of carbonyl (C=O) groups excluding carboxylic acids is 1. The average molecular weight is 420 g/mol. The van der Waals surface area contributed by atoms with E-state index < -0.39 is 0 Å². The van der Waals surface area contributed by atoms with E-state index >= 15 is 0 Å². The number of hydrogen-bond acceptors (Lipinski definition) is 5. The Bertz CT molecular complexity index is 1090. The lowest BCUT2D eigenvalue weighted by Crippen LogP contribution is -2.41. The molecule has 3 aromatic rings. The Morgan fingerprint density at radius 2 is 2.06 bits per heavy atom. The van der Waals surface area contributed by atoms with Gasteiger partial charge in [-0.25, -0.2) is 0 Å². The van der Waals surface area contributed by atoms with Gasteiger partial charge < -0.3 is 15.8 Å². The van der Waals surface area contributed by atoms with Crippen LogP contribution in [0.3, 0.4) is 0 Å². The van der Waals surface area contributed by atoms with Gasteiger partial charge in [0.1, 0.15) is 0 Å². The summed E-state index contributed by atoms with van der Waals surface area (Å²) in [5.74, 6) is 0.265. The Balaban J connectivity index is 1.41. The molecule has 4 rings (SSSR count). The Hall–Kier alpha value is -3.19. The SMILES string of the molecule is Cc1ccc(CO[C@H]2CCC[C@@H]2NC(=O)c2cncc(-c3cn(C)nc3N)c2)cc1C. The van der Waals surface area contributed by atoms with Crippen LogP contribution in [0.1, 0.15) is 46.3 Å². The normalized spacial score (nSPS) is 18.3. The zero-order valence-corrected chi connectivity index (χ0v) is 18.3. The number of hydrogen-bond donors (Lipinski definition) is 2. The molecule has 1 amide bonds. The number of amides is 1. The second-order valence-electron chi connectivity index (χ2n) is 8.34. The fraction of sp³-hybridized carbons (Fsp3) is 0.375. The summed E-state index contributed by atoms with van der Waals surface area (Å²) in [6.07, 6.45) is 7.98. The van der Waals surface area contributed by atoms with Gasteiger partial charge in [-0.1, -0.05) is 18.2 Å². The summed E-state index contributed by atoms with van der Waals surface area (Å²) in [6.45, 7) is 4.77. The van der Waals surface area contributed by atoms with E-state index in [1.807, 2.05) is 13.2 Å². The van der Waals surface area contributed by atoms with Crippen molar-refractivity contribution in [2.24, 2.45) is 7.05 Å². The summed E-state index contributed by atoms with van der Waals surface area (Å²) in [5, 5.41) is 7.30. The molecule has 0 unspecified atom stereocenters. The molecule has 2 heterocycles. The van der Waals surface area contributed by atoms with Crippen LogP contribution in [0.2, 0.25) is 0 Å². The first-order valence-corrected chi connectivity index (χ1v) is 10.6. The zero-order chi connectivity index (χ0) is 22.0. The standard InChI is InChI=1S/C24H29N5O2/c1-15-7-8-17(9-16(15)2)14-31-22-6-4-5-21(22)27-24(30)19-10-18(11-26-12-19)20-13-29(3)28-23(20)25/h7-13,21-22H,4-6,14H2,1-3H3,(H2,25,28)(H,27,30)/t21-,22-/m0/s1. The zero-order valence-electron chi connectivity index (χ0n) is 18.3. The van der Waals surface area contributed by atoms with Crippen LogP contribution in [0.15, 0.2) is 42.9 Å². The topological polar surface area (TPSA) is 95.1 Å². The summed E-state index contributed by atoms with van der Waals surface area (Å²) in [5.41, 5.74) is 11.7. The Kier molecular flexibility index (Phi) is 6.04. The Morgan fingerprint density at radius 3 is 2.81 bits per heavy atom. The summed E-state index contributed by atoms with van der Waals surface area (Å²) < 4.78 is 7.83. The van der Waals surface area contributed by atoms with E-state index in [-0.39, 0.29) is 18.1 Å². The van der Waals surface area contributed by atoms with Crippen molar-refractivity contribution in [1.82, 2.24) is 20.1 Å². The molecular formula is C24H29N5O2. The second kappa shape index (κ2) is 8.89. The first-order chi connectivity index (χ1) is 14.9. The van der Waals surface area contributed by atoms with E-state index in [4.69, 9.17) is 10.5 Å². The monoisotopic (exact) mass is 419 g/mol. The second-order valence-corrected chi connectivity index (χ2v) is 8.34. The molecule has 7 heteroatoms. The molecule has 1 saturated carbocycles. The molecule has 0 bridgehead atoms. The van der Waals surface area contributed by atoms with E-state index in [1.54, 1.807) is 23.1 Å².